The molecule has 1 atom stereocenters. The maximum atomic E-state index is 12.7. The molecule has 340 valence electrons. The molecule has 0 saturated heterocycles. The van der Waals surface area contributed by atoms with E-state index >= 15 is 0 Å². The largest absolute Gasteiger partial charge is 0.462 e. The van der Waals surface area contributed by atoms with Crippen LogP contribution in [0.1, 0.15) is 207 Å². The molecule has 0 aromatic carbocycles. The van der Waals surface area contributed by atoms with Crippen LogP contribution in [-0.4, -0.2) is 37.2 Å². The van der Waals surface area contributed by atoms with E-state index in [9.17, 15) is 14.4 Å². The molecule has 0 rings (SSSR count). The van der Waals surface area contributed by atoms with E-state index in [2.05, 4.69) is 63.3 Å². The van der Waals surface area contributed by atoms with E-state index in [1.165, 1.54) is 83.5 Å². The van der Waals surface area contributed by atoms with Crippen molar-refractivity contribution in [2.75, 3.05) is 13.2 Å². The van der Waals surface area contributed by atoms with Gasteiger partial charge in [-0.05, 0) is 83.5 Å². The first-order valence-electron chi connectivity index (χ1n) is 24.3. The molecule has 0 aliphatic heterocycles. The molecule has 0 aliphatic carbocycles. The SMILES string of the molecule is CC\C=C/C=C\C=C/C=C\C=C/CCCC(=O)OC(COC(=O)CCCCC/C=C\C=C/CCCCCCCCC)COC(=O)CCCCC/C=C\CCCCCCCC. The van der Waals surface area contributed by atoms with Crippen LogP contribution in [-0.2, 0) is 28.6 Å². The summed E-state index contributed by atoms with van der Waals surface area (Å²) in [6.45, 7) is 6.36. The zero-order chi connectivity index (χ0) is 43.7. The summed E-state index contributed by atoms with van der Waals surface area (Å²) in [6, 6.07) is 0. The highest BCUT2D eigenvalue weighted by atomic mass is 16.6. The fraction of sp³-hybridized carbons (Fsp3) is 0.648. The van der Waals surface area contributed by atoms with Gasteiger partial charge in [0.1, 0.15) is 13.2 Å². The van der Waals surface area contributed by atoms with Crippen LogP contribution in [0.5, 0.6) is 0 Å². The third-order valence-electron chi connectivity index (χ3n) is 9.95. The summed E-state index contributed by atoms with van der Waals surface area (Å²) in [5.74, 6) is -1.05. The van der Waals surface area contributed by atoms with Crippen LogP contribution in [0.4, 0.5) is 0 Å². The molecule has 60 heavy (non-hydrogen) atoms. The quantitative estimate of drug-likeness (QED) is 0.0200. The first-order chi connectivity index (χ1) is 29.5. The van der Waals surface area contributed by atoms with Crippen molar-refractivity contribution >= 4 is 17.9 Å². The van der Waals surface area contributed by atoms with Crippen LogP contribution < -0.4 is 0 Å². The number of esters is 3. The van der Waals surface area contributed by atoms with Gasteiger partial charge in [0.2, 0.25) is 0 Å². The molecule has 0 heterocycles. The number of rotatable bonds is 42. The molecule has 0 aromatic heterocycles. The lowest BCUT2D eigenvalue weighted by Gasteiger charge is -2.18. The molecule has 0 N–H and O–H groups in total. The number of allylic oxidation sites excluding steroid dienone is 16. The van der Waals surface area contributed by atoms with Gasteiger partial charge < -0.3 is 14.2 Å². The van der Waals surface area contributed by atoms with Crippen LogP contribution in [0.2, 0.25) is 0 Å². The normalized spacial score (nSPS) is 12.9. The van der Waals surface area contributed by atoms with Crippen molar-refractivity contribution in [1.82, 2.24) is 0 Å². The van der Waals surface area contributed by atoms with Crippen LogP contribution in [0.3, 0.4) is 0 Å². The number of hydrogen-bond acceptors (Lipinski definition) is 6. The van der Waals surface area contributed by atoms with Gasteiger partial charge >= 0.3 is 17.9 Å². The van der Waals surface area contributed by atoms with Crippen molar-refractivity contribution in [3.63, 3.8) is 0 Å². The summed E-state index contributed by atoms with van der Waals surface area (Å²) in [4.78, 5) is 37.8. The van der Waals surface area contributed by atoms with Crippen molar-refractivity contribution in [3.05, 3.63) is 97.2 Å². The number of hydrogen-bond donors (Lipinski definition) is 0. The first kappa shape index (κ1) is 56.3. The van der Waals surface area contributed by atoms with Gasteiger partial charge in [-0.15, -0.1) is 0 Å². The highest BCUT2D eigenvalue weighted by molar-refractivity contribution is 5.71. The van der Waals surface area contributed by atoms with Crippen molar-refractivity contribution in [2.24, 2.45) is 0 Å². The van der Waals surface area contributed by atoms with E-state index in [0.717, 1.165) is 77.0 Å². The topological polar surface area (TPSA) is 78.9 Å². The van der Waals surface area contributed by atoms with Gasteiger partial charge in [-0.25, -0.2) is 0 Å². The molecule has 0 aliphatic rings. The van der Waals surface area contributed by atoms with Gasteiger partial charge in [-0.1, -0.05) is 201 Å². The molecule has 0 amide bonds. The maximum Gasteiger partial charge on any atom is 0.306 e. The molecular formula is C54H88O6. The Hall–Kier alpha value is -3.67. The van der Waals surface area contributed by atoms with Crippen molar-refractivity contribution < 1.29 is 28.6 Å². The monoisotopic (exact) mass is 833 g/mol. The summed E-state index contributed by atoms with van der Waals surface area (Å²) >= 11 is 0. The van der Waals surface area contributed by atoms with Crippen LogP contribution >= 0.6 is 0 Å². The van der Waals surface area contributed by atoms with Gasteiger partial charge in [-0.2, -0.15) is 0 Å². The molecule has 0 aromatic rings. The summed E-state index contributed by atoms with van der Waals surface area (Å²) < 4.78 is 16.6. The second-order valence-corrected chi connectivity index (χ2v) is 15.8. The molecule has 6 nitrogen and oxygen atoms in total. The summed E-state index contributed by atoms with van der Waals surface area (Å²) in [6.07, 6.45) is 62.6. The molecule has 0 bridgehead atoms. The average molecular weight is 833 g/mol. The number of carbonyl (C=O) groups excluding carboxylic acids is 3. The van der Waals surface area contributed by atoms with Gasteiger partial charge in [0.15, 0.2) is 6.10 Å². The minimum absolute atomic E-state index is 0.124. The number of carbonyl (C=O) groups is 3. The molecule has 0 fully saturated rings. The third kappa shape index (κ3) is 45.4. The maximum absolute atomic E-state index is 12.7. The fourth-order valence-corrected chi connectivity index (χ4v) is 6.28. The van der Waals surface area contributed by atoms with E-state index in [4.69, 9.17) is 14.2 Å². The molecule has 0 radical (unpaired) electrons. The van der Waals surface area contributed by atoms with Crippen LogP contribution in [0.25, 0.3) is 0 Å². The minimum atomic E-state index is -0.831. The van der Waals surface area contributed by atoms with Crippen LogP contribution in [0, 0.1) is 0 Å². The van der Waals surface area contributed by atoms with Gasteiger partial charge in [0.25, 0.3) is 0 Å². The van der Waals surface area contributed by atoms with Crippen molar-refractivity contribution in [1.29, 1.82) is 0 Å². The zero-order valence-corrected chi connectivity index (χ0v) is 38.7. The third-order valence-corrected chi connectivity index (χ3v) is 9.95. The Labute approximate surface area is 368 Å². The Morgan fingerprint density at radius 3 is 1.13 bits per heavy atom. The van der Waals surface area contributed by atoms with E-state index in [1.807, 2.05) is 54.7 Å². The second-order valence-electron chi connectivity index (χ2n) is 15.8. The lowest BCUT2D eigenvalue weighted by molar-refractivity contribution is -0.167. The van der Waals surface area contributed by atoms with Gasteiger partial charge in [0, 0.05) is 19.3 Å². The summed E-state index contributed by atoms with van der Waals surface area (Å²) in [7, 11) is 0. The fourth-order valence-electron chi connectivity index (χ4n) is 6.28. The van der Waals surface area contributed by atoms with E-state index < -0.39 is 12.1 Å². The van der Waals surface area contributed by atoms with E-state index in [0.29, 0.717) is 19.3 Å². The Morgan fingerprint density at radius 1 is 0.350 bits per heavy atom. The zero-order valence-electron chi connectivity index (χ0n) is 38.7. The first-order valence-corrected chi connectivity index (χ1v) is 24.3. The molecule has 0 spiro atoms. The number of unbranched alkanes of at least 4 members (excludes halogenated alkanes) is 20. The lowest BCUT2D eigenvalue weighted by Crippen LogP contribution is -2.30. The molecular weight excluding hydrogens is 745 g/mol. The number of ether oxygens (including phenoxy) is 3. The highest BCUT2D eigenvalue weighted by Crippen LogP contribution is 2.12. The Kier molecular flexibility index (Phi) is 45.1. The van der Waals surface area contributed by atoms with Gasteiger partial charge in [-0.3, -0.25) is 14.4 Å². The molecule has 6 heteroatoms. The summed E-state index contributed by atoms with van der Waals surface area (Å²) in [5, 5.41) is 0. The van der Waals surface area contributed by atoms with E-state index in [1.54, 1.807) is 0 Å². The van der Waals surface area contributed by atoms with E-state index in [-0.39, 0.29) is 31.6 Å². The summed E-state index contributed by atoms with van der Waals surface area (Å²) in [5.41, 5.74) is 0. The van der Waals surface area contributed by atoms with Crippen LogP contribution in [0.15, 0.2) is 97.2 Å². The average Bonchev–Trinajstić information content (AvgIpc) is 3.24. The Balaban J connectivity index is 4.56. The Bertz CT molecular complexity index is 1230. The Morgan fingerprint density at radius 2 is 0.683 bits per heavy atom. The standard InChI is InChI=1S/C54H88O6/c1-4-7-10-13-16-19-22-25-26-27-30-32-35-38-41-44-47-53(56)59-50-51(60-54(57)48-45-42-39-36-33-29-24-21-18-15-12-9-6-3)49-58-52(55)46-43-40-37-34-31-28-23-20-17-14-11-8-5-2/h9,12,15,18,21,24,26-33,36,39,51H,4-8,10-11,13-14,16-17,19-20,22-23,25,34-35,37-38,40-50H2,1-3H3/b12-9-,18-15-,24-21-,27-26-,31-28-,32-30-,33-29-,39-36-. The minimum Gasteiger partial charge on any atom is -0.462 e. The molecule has 0 saturated carbocycles. The predicted octanol–water partition coefficient (Wildman–Crippen LogP) is 15.8. The lowest BCUT2D eigenvalue weighted by atomic mass is 10.1. The van der Waals surface area contributed by atoms with Gasteiger partial charge in [0.05, 0.1) is 0 Å². The van der Waals surface area contributed by atoms with Crippen molar-refractivity contribution in [3.8, 4) is 0 Å². The molecule has 1 unspecified atom stereocenters. The smallest absolute Gasteiger partial charge is 0.306 e. The predicted molar refractivity (Wildman–Crippen MR) is 256 cm³/mol. The second kappa shape index (κ2) is 48.0. The van der Waals surface area contributed by atoms with Crippen molar-refractivity contribution in [2.45, 2.75) is 213 Å². The highest BCUT2D eigenvalue weighted by Gasteiger charge is 2.19.